The van der Waals surface area contributed by atoms with Crippen LogP contribution >= 0.6 is 11.6 Å². The molecule has 1 aliphatic carbocycles. The second-order valence-electron chi connectivity index (χ2n) is 6.25. The summed E-state index contributed by atoms with van der Waals surface area (Å²) in [6, 6.07) is 9.21. The maximum Gasteiger partial charge on any atom is 0.356 e. The Kier molecular flexibility index (Phi) is 4.92. The molecule has 0 bridgehead atoms. The Balaban J connectivity index is 1.95. The van der Waals surface area contributed by atoms with Gasteiger partial charge in [-0.3, -0.25) is 4.68 Å². The molecule has 128 valence electrons. The SMILES string of the molecule is CCCCOC(=O)c1cc(-c2cccc(Cl)c2)nn1C1(CN)CC1. The lowest BCUT2D eigenvalue weighted by molar-refractivity contribution is 0.0481. The second kappa shape index (κ2) is 6.95. The number of nitrogens with two attached hydrogens (primary N) is 1. The van der Waals surface area contributed by atoms with Crippen LogP contribution in [-0.2, 0) is 10.3 Å². The van der Waals surface area contributed by atoms with Crippen LogP contribution in [-0.4, -0.2) is 28.9 Å². The summed E-state index contributed by atoms with van der Waals surface area (Å²) in [6.07, 6.45) is 3.68. The van der Waals surface area contributed by atoms with E-state index in [1.165, 1.54) is 0 Å². The lowest BCUT2D eigenvalue weighted by Gasteiger charge is -2.16. The number of hydrogen-bond acceptors (Lipinski definition) is 4. The highest BCUT2D eigenvalue weighted by Crippen LogP contribution is 2.43. The van der Waals surface area contributed by atoms with Crippen LogP contribution in [0.2, 0.25) is 5.02 Å². The molecule has 0 unspecified atom stereocenters. The lowest BCUT2D eigenvalue weighted by Crippen LogP contribution is -2.31. The number of carbonyl (C=O) groups excluding carboxylic acids is 1. The van der Waals surface area contributed by atoms with E-state index >= 15 is 0 Å². The van der Waals surface area contributed by atoms with E-state index in [2.05, 4.69) is 12.0 Å². The zero-order valence-electron chi connectivity index (χ0n) is 13.8. The number of benzene rings is 1. The fourth-order valence-corrected chi connectivity index (χ4v) is 2.90. The number of nitrogens with zero attached hydrogens (tertiary/aromatic N) is 2. The summed E-state index contributed by atoms with van der Waals surface area (Å²) in [5, 5.41) is 5.29. The van der Waals surface area contributed by atoms with Gasteiger partial charge in [-0.2, -0.15) is 5.10 Å². The molecule has 5 nitrogen and oxygen atoms in total. The van der Waals surface area contributed by atoms with Gasteiger partial charge in [-0.25, -0.2) is 4.79 Å². The van der Waals surface area contributed by atoms with Gasteiger partial charge in [-0.1, -0.05) is 37.1 Å². The molecule has 0 radical (unpaired) electrons. The predicted molar refractivity (Wildman–Crippen MR) is 94.1 cm³/mol. The number of hydrogen-bond donors (Lipinski definition) is 1. The van der Waals surface area contributed by atoms with Gasteiger partial charge in [-0.15, -0.1) is 0 Å². The van der Waals surface area contributed by atoms with Crippen LogP contribution in [0.3, 0.4) is 0 Å². The fraction of sp³-hybridized carbons (Fsp3) is 0.444. The molecule has 1 aliphatic rings. The standard InChI is InChI=1S/C18H22ClN3O2/c1-2-3-9-24-17(23)16-11-15(13-5-4-6-14(19)10-13)21-22(16)18(12-20)7-8-18/h4-6,10-11H,2-3,7-9,12,20H2,1H3. The summed E-state index contributed by atoms with van der Waals surface area (Å²) >= 11 is 6.07. The van der Waals surface area contributed by atoms with Crippen LogP contribution in [0.25, 0.3) is 11.3 Å². The first-order chi connectivity index (χ1) is 11.6. The third kappa shape index (κ3) is 3.32. The molecule has 0 saturated heterocycles. The molecule has 1 fully saturated rings. The highest BCUT2D eigenvalue weighted by molar-refractivity contribution is 6.30. The van der Waals surface area contributed by atoms with Crippen molar-refractivity contribution < 1.29 is 9.53 Å². The molecule has 1 aromatic heterocycles. The molecule has 2 N–H and O–H groups in total. The topological polar surface area (TPSA) is 70.1 Å². The number of unbranched alkanes of at least 4 members (excludes halogenated alkanes) is 1. The summed E-state index contributed by atoms with van der Waals surface area (Å²) < 4.78 is 7.14. The predicted octanol–water partition coefficient (Wildman–Crippen LogP) is 3.61. The first-order valence-electron chi connectivity index (χ1n) is 8.33. The van der Waals surface area contributed by atoms with Crippen molar-refractivity contribution in [1.29, 1.82) is 0 Å². The smallest absolute Gasteiger partial charge is 0.356 e. The largest absolute Gasteiger partial charge is 0.461 e. The van der Waals surface area contributed by atoms with Crippen molar-refractivity contribution in [3.8, 4) is 11.3 Å². The first kappa shape index (κ1) is 17.0. The fourth-order valence-electron chi connectivity index (χ4n) is 2.71. The lowest BCUT2D eigenvalue weighted by atomic mass is 10.1. The van der Waals surface area contributed by atoms with E-state index in [9.17, 15) is 4.79 Å². The zero-order valence-corrected chi connectivity index (χ0v) is 14.6. The summed E-state index contributed by atoms with van der Waals surface area (Å²) in [5.74, 6) is -0.344. The van der Waals surface area contributed by atoms with Crippen molar-refractivity contribution in [2.24, 2.45) is 5.73 Å². The third-order valence-electron chi connectivity index (χ3n) is 4.43. The van der Waals surface area contributed by atoms with Gasteiger partial charge in [-0.05, 0) is 37.5 Å². The average molecular weight is 348 g/mol. The molecule has 0 atom stereocenters. The molecule has 1 heterocycles. The Morgan fingerprint density at radius 3 is 2.83 bits per heavy atom. The van der Waals surface area contributed by atoms with E-state index in [0.717, 1.165) is 31.2 Å². The number of ether oxygens (including phenoxy) is 1. The van der Waals surface area contributed by atoms with E-state index in [1.807, 2.05) is 24.3 Å². The van der Waals surface area contributed by atoms with Crippen LogP contribution in [0, 0.1) is 0 Å². The summed E-state index contributed by atoms with van der Waals surface area (Å²) in [6.45, 7) is 2.94. The minimum Gasteiger partial charge on any atom is -0.461 e. The van der Waals surface area contributed by atoms with Crippen molar-refractivity contribution in [3.63, 3.8) is 0 Å². The molecule has 1 saturated carbocycles. The number of aromatic nitrogens is 2. The molecule has 2 aromatic rings. The van der Waals surface area contributed by atoms with E-state index in [1.54, 1.807) is 10.7 Å². The van der Waals surface area contributed by atoms with Gasteiger partial charge in [0.15, 0.2) is 0 Å². The normalized spacial score (nSPS) is 15.3. The maximum absolute atomic E-state index is 12.5. The van der Waals surface area contributed by atoms with E-state index in [-0.39, 0.29) is 11.5 Å². The number of carbonyl (C=O) groups is 1. The summed E-state index contributed by atoms with van der Waals surface area (Å²) in [5.41, 5.74) is 7.72. The van der Waals surface area contributed by atoms with E-state index in [0.29, 0.717) is 29.6 Å². The molecule has 1 aromatic carbocycles. The molecule has 0 spiro atoms. The Morgan fingerprint density at radius 2 is 2.21 bits per heavy atom. The number of rotatable bonds is 7. The van der Waals surface area contributed by atoms with Crippen LogP contribution in [0.5, 0.6) is 0 Å². The third-order valence-corrected chi connectivity index (χ3v) is 4.66. The highest BCUT2D eigenvalue weighted by atomic mass is 35.5. The minimum absolute atomic E-state index is 0.254. The molecule has 0 amide bonds. The monoisotopic (exact) mass is 347 g/mol. The molecular formula is C18H22ClN3O2. The Morgan fingerprint density at radius 1 is 1.42 bits per heavy atom. The van der Waals surface area contributed by atoms with Crippen molar-refractivity contribution >= 4 is 17.6 Å². The quantitative estimate of drug-likeness (QED) is 0.613. The van der Waals surface area contributed by atoms with Gasteiger partial charge < -0.3 is 10.5 Å². The Hall–Kier alpha value is -1.85. The Labute approximate surface area is 146 Å². The molecule has 24 heavy (non-hydrogen) atoms. The van der Waals surface area contributed by atoms with Crippen molar-refractivity contribution in [2.75, 3.05) is 13.2 Å². The summed E-state index contributed by atoms with van der Waals surface area (Å²) in [4.78, 5) is 12.5. The second-order valence-corrected chi connectivity index (χ2v) is 6.69. The molecule has 3 rings (SSSR count). The van der Waals surface area contributed by atoms with Gasteiger partial charge in [0, 0.05) is 17.1 Å². The minimum atomic E-state index is -0.344. The maximum atomic E-state index is 12.5. The van der Waals surface area contributed by atoms with Crippen molar-refractivity contribution in [1.82, 2.24) is 9.78 Å². The molecule has 0 aliphatic heterocycles. The van der Waals surface area contributed by atoms with Crippen LogP contribution in [0.4, 0.5) is 0 Å². The van der Waals surface area contributed by atoms with Crippen LogP contribution in [0.1, 0.15) is 43.1 Å². The van der Waals surface area contributed by atoms with Crippen molar-refractivity contribution in [3.05, 3.63) is 41.0 Å². The first-order valence-corrected chi connectivity index (χ1v) is 8.71. The average Bonchev–Trinajstić information content (AvgIpc) is 3.25. The van der Waals surface area contributed by atoms with E-state index in [4.69, 9.17) is 22.1 Å². The zero-order chi connectivity index (χ0) is 17.2. The Bertz CT molecular complexity index is 738. The highest BCUT2D eigenvalue weighted by Gasteiger charge is 2.46. The van der Waals surface area contributed by atoms with Gasteiger partial charge in [0.05, 0.1) is 17.8 Å². The van der Waals surface area contributed by atoms with Crippen LogP contribution < -0.4 is 5.73 Å². The summed E-state index contributed by atoms with van der Waals surface area (Å²) in [7, 11) is 0. The van der Waals surface area contributed by atoms with Gasteiger partial charge in [0.1, 0.15) is 5.69 Å². The number of esters is 1. The van der Waals surface area contributed by atoms with Crippen LogP contribution in [0.15, 0.2) is 30.3 Å². The number of halogens is 1. The van der Waals surface area contributed by atoms with Gasteiger partial charge in [0.2, 0.25) is 0 Å². The van der Waals surface area contributed by atoms with Gasteiger partial charge in [0.25, 0.3) is 0 Å². The van der Waals surface area contributed by atoms with Crippen molar-refractivity contribution in [2.45, 2.75) is 38.1 Å². The molecular weight excluding hydrogens is 326 g/mol. The molecule has 6 heteroatoms. The van der Waals surface area contributed by atoms with E-state index < -0.39 is 0 Å². The van der Waals surface area contributed by atoms with Gasteiger partial charge >= 0.3 is 5.97 Å².